The maximum Gasteiger partial charge on any atom is 0.188 e. The van der Waals surface area contributed by atoms with Gasteiger partial charge in [-0.15, -0.1) is 0 Å². The van der Waals surface area contributed by atoms with E-state index in [0.29, 0.717) is 0 Å². The fourth-order valence-corrected chi connectivity index (χ4v) is 2.62. The summed E-state index contributed by atoms with van der Waals surface area (Å²) in [5.74, 6) is 0.914. The minimum Gasteiger partial charge on any atom is -0.384 e. The summed E-state index contributed by atoms with van der Waals surface area (Å²) in [6.07, 6.45) is 1.77. The second kappa shape index (κ2) is 5.84. The average molecular weight is 272 g/mol. The van der Waals surface area contributed by atoms with E-state index in [1.54, 1.807) is 18.0 Å². The van der Waals surface area contributed by atoms with Crippen molar-refractivity contribution in [1.82, 2.24) is 9.97 Å². The van der Waals surface area contributed by atoms with Crippen molar-refractivity contribution in [2.75, 3.05) is 0 Å². The number of nitrogens with one attached hydrogen (secondary N) is 1. The molecule has 0 atom stereocenters. The van der Waals surface area contributed by atoms with Crippen LogP contribution >= 0.6 is 11.8 Å². The Morgan fingerprint density at radius 2 is 2.11 bits per heavy atom. The van der Waals surface area contributed by atoms with Gasteiger partial charge >= 0.3 is 0 Å². The highest BCUT2D eigenvalue weighted by molar-refractivity contribution is 7.98. The molecule has 0 spiro atoms. The molecule has 0 aliphatic rings. The van der Waals surface area contributed by atoms with Gasteiger partial charge in [-0.2, -0.15) is 0 Å². The predicted molar refractivity (Wildman–Crippen MR) is 78.5 cm³/mol. The van der Waals surface area contributed by atoms with Crippen LogP contribution in [0.3, 0.4) is 0 Å². The molecule has 19 heavy (non-hydrogen) atoms. The van der Waals surface area contributed by atoms with Crippen molar-refractivity contribution >= 4 is 17.6 Å². The van der Waals surface area contributed by atoms with Gasteiger partial charge < -0.3 is 5.73 Å². The lowest BCUT2D eigenvalue weighted by molar-refractivity contribution is 0.931. The molecule has 0 amide bonds. The lowest BCUT2D eigenvalue weighted by Gasteiger charge is -2.07. The molecule has 0 radical (unpaired) electrons. The molecule has 2 aromatic rings. The molecule has 1 aromatic carbocycles. The van der Waals surface area contributed by atoms with Gasteiger partial charge in [0.15, 0.2) is 5.16 Å². The van der Waals surface area contributed by atoms with E-state index in [4.69, 9.17) is 11.1 Å². The highest BCUT2D eigenvalue weighted by Crippen LogP contribution is 2.22. The Balaban J connectivity index is 2.10. The monoisotopic (exact) mass is 272 g/mol. The van der Waals surface area contributed by atoms with Crippen LogP contribution in [-0.4, -0.2) is 15.8 Å². The topological polar surface area (TPSA) is 75.7 Å². The fourth-order valence-electron chi connectivity index (χ4n) is 1.66. The third-order valence-corrected chi connectivity index (χ3v) is 3.69. The maximum absolute atomic E-state index is 7.42. The smallest absolute Gasteiger partial charge is 0.188 e. The van der Waals surface area contributed by atoms with Crippen LogP contribution in [0.5, 0.6) is 0 Å². The molecule has 0 aliphatic carbocycles. The zero-order valence-corrected chi connectivity index (χ0v) is 11.8. The minimum absolute atomic E-state index is 0.101. The number of hydrogen-bond donors (Lipinski definition) is 2. The molecule has 5 heteroatoms. The van der Waals surface area contributed by atoms with Gasteiger partial charge in [-0.25, -0.2) is 9.97 Å². The number of thioether (sulfide) groups is 1. The van der Waals surface area contributed by atoms with E-state index in [1.165, 1.54) is 5.56 Å². The zero-order valence-electron chi connectivity index (χ0n) is 11.0. The predicted octanol–water partition coefficient (Wildman–Crippen LogP) is 2.67. The van der Waals surface area contributed by atoms with Gasteiger partial charge in [0.25, 0.3) is 0 Å². The molecule has 2 rings (SSSR count). The molecular formula is C14H16N4S. The third-order valence-electron chi connectivity index (χ3n) is 2.78. The molecule has 3 N–H and O–H groups in total. The van der Waals surface area contributed by atoms with Crippen molar-refractivity contribution in [2.45, 2.75) is 24.8 Å². The van der Waals surface area contributed by atoms with Gasteiger partial charge in [0.1, 0.15) is 5.84 Å². The molecule has 4 nitrogen and oxygen atoms in total. The van der Waals surface area contributed by atoms with E-state index in [9.17, 15) is 0 Å². The highest BCUT2D eigenvalue weighted by atomic mass is 32.2. The number of amidine groups is 1. The van der Waals surface area contributed by atoms with Crippen molar-refractivity contribution in [1.29, 1.82) is 5.41 Å². The lowest BCUT2D eigenvalue weighted by Crippen LogP contribution is -2.11. The Hall–Kier alpha value is -1.88. The zero-order chi connectivity index (χ0) is 13.8. The highest BCUT2D eigenvalue weighted by Gasteiger charge is 2.04. The summed E-state index contributed by atoms with van der Waals surface area (Å²) in [4.78, 5) is 8.59. The van der Waals surface area contributed by atoms with Crippen LogP contribution in [0.4, 0.5) is 0 Å². The molecule has 0 fully saturated rings. The van der Waals surface area contributed by atoms with Gasteiger partial charge in [-0.1, -0.05) is 23.9 Å². The molecule has 1 heterocycles. The van der Waals surface area contributed by atoms with Crippen molar-refractivity contribution in [3.8, 4) is 0 Å². The van der Waals surface area contributed by atoms with Gasteiger partial charge in [-0.3, -0.25) is 5.41 Å². The number of nitrogens with two attached hydrogens (primary N) is 1. The average Bonchev–Trinajstić information content (AvgIpc) is 2.37. The SMILES string of the molecule is Cc1ccnc(SCc2ccc(C(=N)N)cc2C)n1. The first kappa shape index (κ1) is 13.5. The Kier molecular flexibility index (Phi) is 4.16. The number of aryl methyl sites for hydroxylation is 2. The van der Waals surface area contributed by atoms with Crippen LogP contribution in [0, 0.1) is 19.3 Å². The van der Waals surface area contributed by atoms with E-state index in [2.05, 4.69) is 9.97 Å². The quantitative estimate of drug-likeness (QED) is 0.388. The molecule has 0 saturated heterocycles. The molecule has 0 unspecified atom stereocenters. The van der Waals surface area contributed by atoms with Crippen LogP contribution < -0.4 is 5.73 Å². The van der Waals surface area contributed by atoms with E-state index in [-0.39, 0.29) is 5.84 Å². The standard InChI is InChI=1S/C14H16N4S/c1-9-7-11(13(15)16)3-4-12(9)8-19-14-17-6-5-10(2)18-14/h3-7H,8H2,1-2H3,(H3,15,16). The van der Waals surface area contributed by atoms with Crippen molar-refractivity contribution in [2.24, 2.45) is 5.73 Å². The number of nitrogens with zero attached hydrogens (tertiary/aromatic N) is 2. The first-order valence-electron chi connectivity index (χ1n) is 5.92. The van der Waals surface area contributed by atoms with Crippen molar-refractivity contribution < 1.29 is 0 Å². The third kappa shape index (κ3) is 3.54. The van der Waals surface area contributed by atoms with Crippen molar-refractivity contribution in [3.05, 3.63) is 52.8 Å². The molecule has 0 saturated carbocycles. The second-order valence-electron chi connectivity index (χ2n) is 4.32. The summed E-state index contributed by atoms with van der Waals surface area (Å²) >= 11 is 1.61. The first-order chi connectivity index (χ1) is 9.06. The Labute approximate surface area is 117 Å². The summed E-state index contributed by atoms with van der Waals surface area (Å²) in [7, 11) is 0. The van der Waals surface area contributed by atoms with Crippen LogP contribution in [0.15, 0.2) is 35.6 Å². The number of benzene rings is 1. The Morgan fingerprint density at radius 1 is 1.32 bits per heavy atom. The summed E-state index contributed by atoms with van der Waals surface area (Å²) in [5.41, 5.74) is 9.55. The van der Waals surface area contributed by atoms with Gasteiger partial charge in [-0.05, 0) is 37.1 Å². The fraction of sp³-hybridized carbons (Fsp3) is 0.214. The Bertz CT molecular complexity index is 610. The van der Waals surface area contributed by atoms with Crippen LogP contribution in [-0.2, 0) is 5.75 Å². The second-order valence-corrected chi connectivity index (χ2v) is 5.27. The van der Waals surface area contributed by atoms with Gasteiger partial charge in [0.05, 0.1) is 0 Å². The number of nitrogen functional groups attached to an aromatic ring is 1. The van der Waals surface area contributed by atoms with Crippen LogP contribution in [0.2, 0.25) is 0 Å². The Morgan fingerprint density at radius 3 is 2.74 bits per heavy atom. The molecule has 0 aliphatic heterocycles. The van der Waals surface area contributed by atoms with E-state index >= 15 is 0 Å². The van der Waals surface area contributed by atoms with Crippen LogP contribution in [0.25, 0.3) is 0 Å². The minimum atomic E-state index is 0.101. The van der Waals surface area contributed by atoms with E-state index in [1.807, 2.05) is 38.1 Å². The lowest BCUT2D eigenvalue weighted by atomic mass is 10.1. The maximum atomic E-state index is 7.42. The molecule has 98 valence electrons. The number of rotatable bonds is 4. The largest absolute Gasteiger partial charge is 0.384 e. The number of aromatic nitrogens is 2. The summed E-state index contributed by atoms with van der Waals surface area (Å²) in [5, 5.41) is 8.20. The molecule has 0 bridgehead atoms. The van der Waals surface area contributed by atoms with Crippen molar-refractivity contribution in [3.63, 3.8) is 0 Å². The summed E-state index contributed by atoms with van der Waals surface area (Å²) in [6.45, 7) is 3.98. The number of hydrogen-bond acceptors (Lipinski definition) is 4. The molecule has 1 aromatic heterocycles. The summed E-state index contributed by atoms with van der Waals surface area (Å²) < 4.78 is 0. The van der Waals surface area contributed by atoms with Gasteiger partial charge in [0, 0.05) is 23.2 Å². The summed E-state index contributed by atoms with van der Waals surface area (Å²) in [6, 6.07) is 7.71. The first-order valence-corrected chi connectivity index (χ1v) is 6.91. The van der Waals surface area contributed by atoms with E-state index in [0.717, 1.165) is 27.7 Å². The molecular weight excluding hydrogens is 256 g/mol. The van der Waals surface area contributed by atoms with Gasteiger partial charge in [0.2, 0.25) is 0 Å². The van der Waals surface area contributed by atoms with Crippen LogP contribution in [0.1, 0.15) is 22.4 Å². The van der Waals surface area contributed by atoms with E-state index < -0.39 is 0 Å². The normalized spacial score (nSPS) is 10.4.